The molecule has 0 saturated carbocycles. The van der Waals surface area contributed by atoms with Gasteiger partial charge in [0.1, 0.15) is 60.6 Å². The molecule has 0 fully saturated rings. The van der Waals surface area contributed by atoms with Crippen molar-refractivity contribution in [3.63, 3.8) is 0 Å². The fraction of sp³-hybridized carbons (Fsp3) is 0.133. The van der Waals surface area contributed by atoms with Crippen LogP contribution in [0.15, 0.2) is 59.5 Å². The van der Waals surface area contributed by atoms with E-state index in [0.29, 0.717) is 6.07 Å². The van der Waals surface area contributed by atoms with Crippen LogP contribution in [0.4, 0.5) is 0 Å². The Morgan fingerprint density at radius 2 is 1.22 bits per heavy atom. The summed E-state index contributed by atoms with van der Waals surface area (Å²) in [7, 11) is -4.68. The van der Waals surface area contributed by atoms with Gasteiger partial charge in [0.2, 0.25) is 0 Å². The van der Waals surface area contributed by atoms with E-state index in [0.717, 1.165) is 18.2 Å². The van der Waals surface area contributed by atoms with Gasteiger partial charge in [0.25, 0.3) is 21.5 Å². The standard InChI is InChI=1S/C30H20N4O11S/c1-33-23(16-31)20-15-28(43-10-12-45-30(38)22-13-18(46(39,40)41)7-8-26(22)36)21(24(17-32)34-2)14-27(20)42-9-11-44-29(37)19-5-3-4-6-25(19)35/h3-8,13-15,35-36H,9-12H2,(H,39,40,41)/b23-20-,24-21+. The van der Waals surface area contributed by atoms with E-state index in [4.69, 9.17) is 32.1 Å². The summed E-state index contributed by atoms with van der Waals surface area (Å²) in [6, 6.07) is 13.8. The molecule has 3 rings (SSSR count). The van der Waals surface area contributed by atoms with Crippen molar-refractivity contribution in [3.05, 3.63) is 99.0 Å². The number of hydrogen-bond acceptors (Lipinski definition) is 12. The second kappa shape index (κ2) is 15.2. The summed E-state index contributed by atoms with van der Waals surface area (Å²) in [5.41, 5.74) is -1.58. The monoisotopic (exact) mass is 644 g/mol. The molecule has 0 bridgehead atoms. The highest BCUT2D eigenvalue weighted by Gasteiger charge is 2.19. The molecule has 3 N–H and O–H groups in total. The molecular formula is C30H20N4O11S. The van der Waals surface area contributed by atoms with Crippen LogP contribution < -0.4 is 19.9 Å². The molecule has 0 aliphatic carbocycles. The van der Waals surface area contributed by atoms with Gasteiger partial charge in [0.05, 0.1) is 30.2 Å². The first kappa shape index (κ1) is 33.9. The Hall–Kier alpha value is -6.59. The predicted octanol–water partition coefficient (Wildman–Crippen LogP) is 1.92. The first-order valence-electron chi connectivity index (χ1n) is 12.6. The third-order valence-corrected chi connectivity index (χ3v) is 6.63. The molecule has 0 radical (unpaired) electrons. The Labute approximate surface area is 261 Å². The number of carbonyl (C=O) groups excluding carboxylic acids is 2. The van der Waals surface area contributed by atoms with Gasteiger partial charge in [-0.1, -0.05) is 12.1 Å². The van der Waals surface area contributed by atoms with Gasteiger partial charge in [-0.25, -0.2) is 29.8 Å². The van der Waals surface area contributed by atoms with Crippen molar-refractivity contribution in [2.45, 2.75) is 4.90 Å². The molecule has 232 valence electrons. The maximum Gasteiger partial charge on any atom is 0.342 e. The van der Waals surface area contributed by atoms with Gasteiger partial charge in [-0.15, -0.1) is 0 Å². The topological polar surface area (TPSA) is 222 Å². The molecule has 0 saturated heterocycles. The number of rotatable bonds is 11. The van der Waals surface area contributed by atoms with Crippen LogP contribution in [0.3, 0.4) is 0 Å². The number of carbonyl (C=O) groups is 2. The Balaban J connectivity index is 1.84. The highest BCUT2D eigenvalue weighted by molar-refractivity contribution is 7.85. The van der Waals surface area contributed by atoms with Gasteiger partial charge >= 0.3 is 11.9 Å². The van der Waals surface area contributed by atoms with Gasteiger partial charge in [-0.05, 0) is 42.5 Å². The van der Waals surface area contributed by atoms with Crippen LogP contribution in [0.5, 0.6) is 23.0 Å². The minimum absolute atomic E-state index is 0.0838. The van der Waals surface area contributed by atoms with E-state index >= 15 is 0 Å². The lowest BCUT2D eigenvalue weighted by atomic mass is 10.1. The molecule has 0 spiro atoms. The second-order valence-electron chi connectivity index (χ2n) is 8.63. The van der Waals surface area contributed by atoms with Gasteiger partial charge in [-0.2, -0.15) is 8.42 Å². The molecule has 0 aliphatic rings. The molecule has 0 aromatic heterocycles. The summed E-state index contributed by atoms with van der Waals surface area (Å²) in [5.74, 6) is -3.24. The maximum absolute atomic E-state index is 12.4. The quantitative estimate of drug-likeness (QED) is 0.118. The summed E-state index contributed by atoms with van der Waals surface area (Å²) < 4.78 is 53.2. The fourth-order valence-corrected chi connectivity index (χ4v) is 4.18. The SMILES string of the molecule is [C-]#[N+]/C(C#N)=c1/cc(OCCOC(=O)c2cc(S(=O)(=O)O)ccc2O)/c(=C(\C#N)[N+]#[C-])cc1OCCOC(=O)c1ccccc1O. The molecule has 0 unspecified atom stereocenters. The molecule has 0 aliphatic heterocycles. The number of phenols is 2. The van der Waals surface area contributed by atoms with Gasteiger partial charge in [0.15, 0.2) is 0 Å². The van der Waals surface area contributed by atoms with E-state index in [1.807, 2.05) is 0 Å². The summed E-state index contributed by atoms with van der Waals surface area (Å²) >= 11 is 0. The second-order valence-corrected chi connectivity index (χ2v) is 10.1. The molecule has 16 heteroatoms. The van der Waals surface area contributed by atoms with Crippen molar-refractivity contribution >= 4 is 33.5 Å². The van der Waals surface area contributed by atoms with Crippen molar-refractivity contribution in [1.82, 2.24) is 0 Å². The molecule has 0 amide bonds. The lowest BCUT2D eigenvalue weighted by Crippen LogP contribution is -2.23. The molecule has 15 nitrogen and oxygen atoms in total. The maximum atomic E-state index is 12.4. The van der Waals surface area contributed by atoms with Crippen LogP contribution in [0, 0.1) is 35.8 Å². The van der Waals surface area contributed by atoms with Crippen LogP contribution in [0.25, 0.3) is 21.1 Å². The average molecular weight is 645 g/mol. The number of benzene rings is 3. The van der Waals surface area contributed by atoms with Crippen LogP contribution in [0.2, 0.25) is 0 Å². The Bertz CT molecular complexity index is 2070. The highest BCUT2D eigenvalue weighted by atomic mass is 32.2. The van der Waals surface area contributed by atoms with E-state index in [2.05, 4.69) is 9.69 Å². The van der Waals surface area contributed by atoms with Crippen molar-refractivity contribution in [1.29, 1.82) is 10.5 Å². The Kier molecular flexibility index (Phi) is 11.2. The number of nitrogens with zero attached hydrogens (tertiary/aromatic N) is 4. The minimum Gasteiger partial charge on any atom is -0.507 e. The van der Waals surface area contributed by atoms with Crippen LogP contribution in [-0.2, 0) is 19.6 Å². The fourth-order valence-electron chi connectivity index (χ4n) is 3.67. The average Bonchev–Trinajstić information content (AvgIpc) is 3.03. The lowest BCUT2D eigenvalue weighted by Gasteiger charge is -2.13. The van der Waals surface area contributed by atoms with Gasteiger partial charge in [0, 0.05) is 10.4 Å². The van der Waals surface area contributed by atoms with E-state index in [1.165, 1.54) is 30.3 Å². The molecule has 3 aromatic rings. The third kappa shape index (κ3) is 8.28. The molecule has 0 heterocycles. The molecule has 3 aromatic carbocycles. The number of aromatic hydroxyl groups is 2. The minimum atomic E-state index is -4.68. The van der Waals surface area contributed by atoms with E-state index in [1.54, 1.807) is 12.1 Å². The Morgan fingerprint density at radius 3 is 1.67 bits per heavy atom. The lowest BCUT2D eigenvalue weighted by molar-refractivity contribution is 0.0436. The van der Waals surface area contributed by atoms with Crippen molar-refractivity contribution in [2.24, 2.45) is 0 Å². The van der Waals surface area contributed by atoms with Crippen molar-refractivity contribution in [2.75, 3.05) is 26.4 Å². The number of hydrogen-bond donors (Lipinski definition) is 3. The summed E-state index contributed by atoms with van der Waals surface area (Å²) in [6.45, 7) is 13.2. The zero-order valence-corrected chi connectivity index (χ0v) is 24.1. The van der Waals surface area contributed by atoms with Crippen LogP contribution >= 0.6 is 0 Å². The first-order chi connectivity index (χ1) is 21.9. The Morgan fingerprint density at radius 1 is 0.739 bits per heavy atom. The van der Waals surface area contributed by atoms with Crippen LogP contribution in [-0.4, -0.2) is 61.5 Å². The van der Waals surface area contributed by atoms with E-state index in [-0.39, 0.29) is 46.5 Å². The largest absolute Gasteiger partial charge is 0.507 e. The van der Waals surface area contributed by atoms with Crippen molar-refractivity contribution in [3.8, 4) is 35.1 Å². The number of para-hydroxylation sites is 1. The third-order valence-electron chi connectivity index (χ3n) is 5.79. The number of ether oxygens (including phenoxy) is 4. The molecule has 0 atom stereocenters. The van der Waals surface area contributed by atoms with Gasteiger partial charge in [-0.3, -0.25) is 4.55 Å². The highest BCUT2D eigenvalue weighted by Crippen LogP contribution is 2.22. The summed E-state index contributed by atoms with van der Waals surface area (Å²) in [6.07, 6.45) is 0. The van der Waals surface area contributed by atoms with Crippen molar-refractivity contribution < 1.29 is 51.7 Å². The number of nitriles is 2. The number of esters is 2. The molecule has 46 heavy (non-hydrogen) atoms. The van der Waals surface area contributed by atoms with E-state index in [9.17, 15) is 43.3 Å². The van der Waals surface area contributed by atoms with Crippen LogP contribution in [0.1, 0.15) is 20.7 Å². The van der Waals surface area contributed by atoms with E-state index < -0.39 is 62.9 Å². The predicted molar refractivity (Wildman–Crippen MR) is 155 cm³/mol. The summed E-state index contributed by atoms with van der Waals surface area (Å²) in [5, 5.41) is 38.5. The zero-order chi connectivity index (χ0) is 33.9. The zero-order valence-electron chi connectivity index (χ0n) is 23.3. The first-order valence-corrected chi connectivity index (χ1v) is 14.0. The normalized spacial score (nSPS) is 11.8. The van der Waals surface area contributed by atoms with Gasteiger partial charge < -0.3 is 29.2 Å². The number of phenolic OH excluding ortho intramolecular Hbond substituents is 2. The summed E-state index contributed by atoms with van der Waals surface area (Å²) in [4.78, 5) is 30.3. The smallest absolute Gasteiger partial charge is 0.342 e. The molecular weight excluding hydrogens is 624 g/mol.